The van der Waals surface area contributed by atoms with Gasteiger partial charge in [0.05, 0.1) is 6.04 Å². The lowest BCUT2D eigenvalue weighted by atomic mass is 10.1. The van der Waals surface area contributed by atoms with E-state index in [0.717, 1.165) is 36.2 Å². The van der Waals surface area contributed by atoms with Gasteiger partial charge in [0.1, 0.15) is 5.82 Å². The molecule has 27 heavy (non-hydrogen) atoms. The molecule has 5 heteroatoms. The van der Waals surface area contributed by atoms with Crippen molar-refractivity contribution in [1.29, 1.82) is 0 Å². The predicted octanol–water partition coefficient (Wildman–Crippen LogP) is 3.51. The fourth-order valence-electron chi connectivity index (χ4n) is 3.79. The number of benzene rings is 2. The third-order valence-electron chi connectivity index (χ3n) is 5.20. The van der Waals surface area contributed by atoms with E-state index >= 15 is 0 Å². The second kappa shape index (κ2) is 8.53. The first-order chi connectivity index (χ1) is 13.0. The summed E-state index contributed by atoms with van der Waals surface area (Å²) in [5, 5.41) is 0. The molecule has 1 aliphatic heterocycles. The minimum atomic E-state index is -0.230. The first-order valence-corrected chi connectivity index (χ1v) is 9.44. The lowest BCUT2D eigenvalue weighted by molar-refractivity contribution is -0.135. The minimum absolute atomic E-state index is 0.105. The Balaban J connectivity index is 1.67. The SMILES string of the molecule is CN(Cc1ccccc1N(C)C)C(=O)C1CCCN1Cc1ccc(F)cc1. The van der Waals surface area contributed by atoms with Gasteiger partial charge in [0.15, 0.2) is 0 Å². The van der Waals surface area contributed by atoms with Gasteiger partial charge >= 0.3 is 0 Å². The zero-order valence-electron chi connectivity index (χ0n) is 16.4. The normalized spacial score (nSPS) is 17.1. The van der Waals surface area contributed by atoms with Crippen LogP contribution < -0.4 is 4.90 Å². The van der Waals surface area contributed by atoms with Crippen molar-refractivity contribution in [3.05, 3.63) is 65.5 Å². The van der Waals surface area contributed by atoms with Crippen LogP contribution in [-0.4, -0.2) is 49.4 Å². The molecule has 0 radical (unpaired) electrons. The van der Waals surface area contributed by atoms with Crippen LogP contribution in [0, 0.1) is 5.82 Å². The molecule has 0 N–H and O–H groups in total. The van der Waals surface area contributed by atoms with E-state index in [2.05, 4.69) is 21.9 Å². The third-order valence-corrected chi connectivity index (χ3v) is 5.20. The molecule has 0 saturated carbocycles. The van der Waals surface area contributed by atoms with Crippen molar-refractivity contribution < 1.29 is 9.18 Å². The summed E-state index contributed by atoms with van der Waals surface area (Å²) in [6.45, 7) is 2.17. The van der Waals surface area contributed by atoms with Gasteiger partial charge in [-0.1, -0.05) is 30.3 Å². The van der Waals surface area contributed by atoms with E-state index in [0.29, 0.717) is 13.1 Å². The van der Waals surface area contributed by atoms with Crippen molar-refractivity contribution >= 4 is 11.6 Å². The second-order valence-electron chi connectivity index (χ2n) is 7.47. The molecule has 4 nitrogen and oxygen atoms in total. The summed E-state index contributed by atoms with van der Waals surface area (Å²) < 4.78 is 13.1. The summed E-state index contributed by atoms with van der Waals surface area (Å²) in [5.74, 6) is -0.0738. The number of para-hydroxylation sites is 1. The average molecular weight is 369 g/mol. The zero-order valence-corrected chi connectivity index (χ0v) is 16.4. The van der Waals surface area contributed by atoms with Crippen molar-refractivity contribution in [2.75, 3.05) is 32.6 Å². The molecular formula is C22H28FN3O. The van der Waals surface area contributed by atoms with E-state index in [1.54, 1.807) is 12.1 Å². The van der Waals surface area contributed by atoms with Crippen LogP contribution in [0.2, 0.25) is 0 Å². The summed E-state index contributed by atoms with van der Waals surface area (Å²) in [6, 6.07) is 14.6. The van der Waals surface area contributed by atoms with Gasteiger partial charge in [-0.3, -0.25) is 9.69 Å². The Morgan fingerprint density at radius 2 is 1.81 bits per heavy atom. The first kappa shape index (κ1) is 19.4. The molecule has 1 amide bonds. The van der Waals surface area contributed by atoms with Gasteiger partial charge in [-0.25, -0.2) is 4.39 Å². The second-order valence-corrected chi connectivity index (χ2v) is 7.47. The van der Waals surface area contributed by atoms with Crippen molar-refractivity contribution in [2.24, 2.45) is 0 Å². The number of carbonyl (C=O) groups is 1. The van der Waals surface area contributed by atoms with Crippen molar-refractivity contribution in [1.82, 2.24) is 9.80 Å². The van der Waals surface area contributed by atoms with E-state index in [1.807, 2.05) is 38.2 Å². The fourth-order valence-corrected chi connectivity index (χ4v) is 3.79. The van der Waals surface area contributed by atoms with E-state index in [-0.39, 0.29) is 17.8 Å². The number of nitrogens with zero attached hydrogens (tertiary/aromatic N) is 3. The Labute approximate surface area is 161 Å². The van der Waals surface area contributed by atoms with Crippen molar-refractivity contribution in [2.45, 2.75) is 32.0 Å². The number of likely N-dealkylation sites (tertiary alicyclic amines) is 1. The van der Waals surface area contributed by atoms with E-state index < -0.39 is 0 Å². The van der Waals surface area contributed by atoms with Crippen LogP contribution in [0.25, 0.3) is 0 Å². The summed E-state index contributed by atoms with van der Waals surface area (Å²) in [5.41, 5.74) is 3.31. The molecule has 1 heterocycles. The van der Waals surface area contributed by atoms with Crippen molar-refractivity contribution in [3.8, 4) is 0 Å². The van der Waals surface area contributed by atoms with Gasteiger partial charge in [-0.05, 0) is 48.7 Å². The standard InChI is InChI=1S/C22H28FN3O/c1-24(2)20-8-5-4-7-18(20)16-25(3)22(27)21-9-6-14-26(21)15-17-10-12-19(23)13-11-17/h4-5,7-8,10-13,21H,6,9,14-16H2,1-3H3. The number of halogens is 1. The smallest absolute Gasteiger partial charge is 0.239 e. The highest BCUT2D eigenvalue weighted by Gasteiger charge is 2.32. The quantitative estimate of drug-likeness (QED) is 0.780. The number of anilines is 1. The Bertz CT molecular complexity index is 775. The van der Waals surface area contributed by atoms with Gasteiger partial charge < -0.3 is 9.80 Å². The molecule has 3 rings (SSSR count). The van der Waals surface area contributed by atoms with E-state index in [1.165, 1.54) is 12.1 Å². The van der Waals surface area contributed by atoms with Crippen LogP contribution in [0.3, 0.4) is 0 Å². The molecule has 1 saturated heterocycles. The molecule has 1 fully saturated rings. The molecule has 0 aliphatic carbocycles. The highest BCUT2D eigenvalue weighted by Crippen LogP contribution is 2.24. The van der Waals surface area contributed by atoms with Gasteiger partial charge in [-0.2, -0.15) is 0 Å². The number of rotatable bonds is 6. The number of likely N-dealkylation sites (N-methyl/N-ethyl adjacent to an activating group) is 1. The van der Waals surface area contributed by atoms with Crippen molar-refractivity contribution in [3.63, 3.8) is 0 Å². The molecule has 2 aromatic rings. The lowest BCUT2D eigenvalue weighted by Gasteiger charge is -2.29. The number of hydrogen-bond donors (Lipinski definition) is 0. The lowest BCUT2D eigenvalue weighted by Crippen LogP contribution is -2.43. The highest BCUT2D eigenvalue weighted by molar-refractivity contribution is 5.82. The highest BCUT2D eigenvalue weighted by atomic mass is 19.1. The van der Waals surface area contributed by atoms with Gasteiger partial charge in [0.2, 0.25) is 5.91 Å². The van der Waals surface area contributed by atoms with Crippen LogP contribution >= 0.6 is 0 Å². The summed E-state index contributed by atoms with van der Waals surface area (Å²) >= 11 is 0. The zero-order chi connectivity index (χ0) is 19.4. The number of amides is 1. The Hall–Kier alpha value is -2.40. The molecule has 1 atom stereocenters. The maximum Gasteiger partial charge on any atom is 0.239 e. The Kier molecular flexibility index (Phi) is 6.11. The summed E-state index contributed by atoms with van der Waals surface area (Å²) in [7, 11) is 5.91. The maximum absolute atomic E-state index is 13.1. The average Bonchev–Trinajstić information content (AvgIpc) is 3.11. The van der Waals surface area contributed by atoms with Gasteiger partial charge in [0.25, 0.3) is 0 Å². The molecule has 0 spiro atoms. The molecule has 144 valence electrons. The van der Waals surface area contributed by atoms with E-state index in [9.17, 15) is 9.18 Å². The van der Waals surface area contributed by atoms with Crippen LogP contribution in [0.15, 0.2) is 48.5 Å². The number of carbonyl (C=O) groups excluding carboxylic acids is 1. The Morgan fingerprint density at radius 1 is 1.11 bits per heavy atom. The molecule has 1 unspecified atom stereocenters. The third kappa shape index (κ3) is 4.66. The molecule has 1 aliphatic rings. The summed E-state index contributed by atoms with van der Waals surface area (Å²) in [6.07, 6.45) is 1.89. The largest absolute Gasteiger partial charge is 0.377 e. The molecule has 2 aromatic carbocycles. The van der Waals surface area contributed by atoms with Crippen LogP contribution in [0.4, 0.5) is 10.1 Å². The Morgan fingerprint density at radius 3 is 2.52 bits per heavy atom. The van der Waals surface area contributed by atoms with Crippen LogP contribution in [0.5, 0.6) is 0 Å². The topological polar surface area (TPSA) is 26.8 Å². The summed E-state index contributed by atoms with van der Waals surface area (Å²) in [4.78, 5) is 19.2. The molecule has 0 bridgehead atoms. The van der Waals surface area contributed by atoms with Crippen LogP contribution in [-0.2, 0) is 17.9 Å². The molecule has 0 aromatic heterocycles. The van der Waals surface area contributed by atoms with Gasteiger partial charge in [0, 0.05) is 39.9 Å². The molecular weight excluding hydrogens is 341 g/mol. The fraction of sp³-hybridized carbons (Fsp3) is 0.409. The van der Waals surface area contributed by atoms with Gasteiger partial charge in [-0.15, -0.1) is 0 Å². The predicted molar refractivity (Wildman–Crippen MR) is 107 cm³/mol. The maximum atomic E-state index is 13.1. The first-order valence-electron chi connectivity index (χ1n) is 9.44. The van der Waals surface area contributed by atoms with Crippen LogP contribution in [0.1, 0.15) is 24.0 Å². The number of hydrogen-bond acceptors (Lipinski definition) is 3. The van der Waals surface area contributed by atoms with E-state index in [4.69, 9.17) is 0 Å². The monoisotopic (exact) mass is 369 g/mol. The minimum Gasteiger partial charge on any atom is -0.377 e.